The van der Waals surface area contributed by atoms with E-state index in [0.717, 1.165) is 0 Å². The smallest absolute Gasteiger partial charge is 0.303 e. The summed E-state index contributed by atoms with van der Waals surface area (Å²) in [6.07, 6.45) is -4.49. The molecular formula is C15H12ClF4N3O. The lowest BCUT2D eigenvalue weighted by Gasteiger charge is -2.28. The van der Waals surface area contributed by atoms with E-state index in [4.69, 9.17) is 11.6 Å². The van der Waals surface area contributed by atoms with Crippen molar-refractivity contribution in [2.75, 3.05) is 6.54 Å². The first-order valence-electron chi connectivity index (χ1n) is 7.10. The van der Waals surface area contributed by atoms with E-state index in [0.29, 0.717) is 6.54 Å². The number of hydrogen-bond donors (Lipinski definition) is 1. The van der Waals surface area contributed by atoms with Crippen LogP contribution in [0.15, 0.2) is 23.0 Å². The largest absolute Gasteiger partial charge is 0.449 e. The molecule has 1 aromatic carbocycles. The molecular weight excluding hydrogens is 350 g/mol. The second-order valence-corrected chi connectivity index (χ2v) is 5.91. The van der Waals surface area contributed by atoms with Crippen molar-refractivity contribution < 1.29 is 17.6 Å². The van der Waals surface area contributed by atoms with E-state index in [2.05, 4.69) is 4.98 Å². The highest BCUT2D eigenvalue weighted by Crippen LogP contribution is 2.27. The number of rotatable bonds is 2. The second-order valence-electron chi connectivity index (χ2n) is 5.50. The van der Waals surface area contributed by atoms with Crippen molar-refractivity contribution in [3.8, 4) is 0 Å². The lowest BCUT2D eigenvalue weighted by molar-refractivity contribution is -0.145. The van der Waals surface area contributed by atoms with Gasteiger partial charge in [0.1, 0.15) is 5.82 Å². The van der Waals surface area contributed by atoms with E-state index in [1.165, 1.54) is 12.1 Å². The first-order chi connectivity index (χ1) is 11.3. The number of fused-ring (bicyclic) bond motifs is 1. The lowest BCUT2D eigenvalue weighted by atomic mass is 10.1. The summed E-state index contributed by atoms with van der Waals surface area (Å²) in [5.41, 5.74) is -0.219. The van der Waals surface area contributed by atoms with Crippen LogP contribution >= 0.6 is 11.6 Å². The minimum Gasteiger partial charge on any atom is -0.303 e. The quantitative estimate of drug-likeness (QED) is 0.836. The molecule has 0 spiro atoms. The highest BCUT2D eigenvalue weighted by Gasteiger charge is 2.36. The zero-order valence-corrected chi connectivity index (χ0v) is 13.0. The van der Waals surface area contributed by atoms with Crippen LogP contribution in [0.5, 0.6) is 0 Å². The molecule has 1 aliphatic rings. The number of benzene rings is 1. The molecule has 0 aliphatic carbocycles. The van der Waals surface area contributed by atoms with Crippen molar-refractivity contribution in [1.82, 2.24) is 14.9 Å². The van der Waals surface area contributed by atoms with Crippen LogP contribution in [0, 0.1) is 5.82 Å². The number of nitrogens with zero attached hydrogens (tertiary/aromatic N) is 2. The third kappa shape index (κ3) is 3.29. The van der Waals surface area contributed by atoms with Crippen LogP contribution in [0.3, 0.4) is 0 Å². The van der Waals surface area contributed by atoms with Crippen molar-refractivity contribution in [3.05, 3.63) is 62.0 Å². The molecule has 9 heteroatoms. The minimum atomic E-state index is -4.73. The van der Waals surface area contributed by atoms with Crippen LogP contribution in [-0.2, 0) is 25.7 Å². The molecule has 2 heterocycles. The summed E-state index contributed by atoms with van der Waals surface area (Å²) >= 11 is 5.97. The van der Waals surface area contributed by atoms with Crippen LogP contribution in [0.25, 0.3) is 0 Å². The van der Waals surface area contributed by atoms with Crippen LogP contribution in [0.4, 0.5) is 17.6 Å². The van der Waals surface area contributed by atoms with E-state index in [1.807, 2.05) is 0 Å². The van der Waals surface area contributed by atoms with Gasteiger partial charge in [0.2, 0.25) is 5.82 Å². The van der Waals surface area contributed by atoms with Crippen molar-refractivity contribution >= 4 is 11.6 Å². The van der Waals surface area contributed by atoms with Crippen LogP contribution in [0.2, 0.25) is 5.02 Å². The van der Waals surface area contributed by atoms with Gasteiger partial charge in [0.05, 0.1) is 5.69 Å². The Morgan fingerprint density at radius 1 is 1.33 bits per heavy atom. The highest BCUT2D eigenvalue weighted by molar-refractivity contribution is 6.31. The van der Waals surface area contributed by atoms with E-state index in [9.17, 15) is 22.4 Å². The van der Waals surface area contributed by atoms with Gasteiger partial charge in [0.25, 0.3) is 5.56 Å². The predicted octanol–water partition coefficient (Wildman–Crippen LogP) is 3.14. The molecule has 0 amide bonds. The van der Waals surface area contributed by atoms with Crippen LogP contribution < -0.4 is 5.56 Å². The molecule has 0 unspecified atom stereocenters. The first-order valence-corrected chi connectivity index (χ1v) is 7.48. The average molecular weight is 362 g/mol. The molecule has 0 radical (unpaired) electrons. The van der Waals surface area contributed by atoms with Gasteiger partial charge in [0, 0.05) is 35.8 Å². The Morgan fingerprint density at radius 2 is 2.08 bits per heavy atom. The maximum absolute atomic E-state index is 13.9. The standard InChI is InChI=1S/C15H12ClF4N3O/c16-10-2-1-3-11(17)9(10)6-23-5-4-8-12(7-23)21-14(15(18,19)20)22-13(8)24/h1-3H,4-7H2,(H,21,22,24). The Bertz CT molecular complexity index is 814. The average Bonchev–Trinajstić information content (AvgIpc) is 2.50. The Morgan fingerprint density at radius 3 is 2.75 bits per heavy atom. The number of H-pyrrole nitrogens is 1. The minimum absolute atomic E-state index is 0.0208. The van der Waals surface area contributed by atoms with Crippen LogP contribution in [-0.4, -0.2) is 21.4 Å². The molecule has 0 saturated heterocycles. The number of hydrogen-bond acceptors (Lipinski definition) is 3. The number of halogens is 5. The Balaban J connectivity index is 1.89. The summed E-state index contributed by atoms with van der Waals surface area (Å²) < 4.78 is 52.2. The van der Waals surface area contributed by atoms with Gasteiger partial charge in [-0.1, -0.05) is 17.7 Å². The number of alkyl halides is 3. The third-order valence-electron chi connectivity index (χ3n) is 3.86. The number of aromatic nitrogens is 2. The molecule has 0 atom stereocenters. The summed E-state index contributed by atoms with van der Waals surface area (Å²) in [4.78, 5) is 18.8. The maximum atomic E-state index is 13.9. The summed E-state index contributed by atoms with van der Waals surface area (Å²) in [5.74, 6) is -1.81. The molecule has 3 rings (SSSR count). The summed E-state index contributed by atoms with van der Waals surface area (Å²) in [6.45, 7) is 0.543. The van der Waals surface area contributed by atoms with E-state index >= 15 is 0 Å². The molecule has 2 aromatic rings. The monoisotopic (exact) mass is 361 g/mol. The second kappa shape index (κ2) is 6.18. The molecule has 0 fully saturated rings. The van der Waals surface area contributed by atoms with Gasteiger partial charge in [0.15, 0.2) is 0 Å². The summed E-state index contributed by atoms with van der Waals surface area (Å²) in [6, 6.07) is 4.29. The van der Waals surface area contributed by atoms with Gasteiger partial charge >= 0.3 is 6.18 Å². The van der Waals surface area contributed by atoms with Gasteiger partial charge in [-0.3, -0.25) is 9.69 Å². The summed E-state index contributed by atoms with van der Waals surface area (Å²) in [5, 5.41) is 0.246. The van der Waals surface area contributed by atoms with Gasteiger partial charge in [-0.25, -0.2) is 9.37 Å². The molecule has 1 N–H and O–H groups in total. The van der Waals surface area contributed by atoms with E-state index in [1.54, 1.807) is 16.0 Å². The first kappa shape index (κ1) is 16.9. The predicted molar refractivity (Wildman–Crippen MR) is 79.1 cm³/mol. The van der Waals surface area contributed by atoms with Gasteiger partial charge in [-0.05, 0) is 18.6 Å². The summed E-state index contributed by atoms with van der Waals surface area (Å²) in [7, 11) is 0. The van der Waals surface area contributed by atoms with Crippen LogP contribution in [0.1, 0.15) is 22.6 Å². The molecule has 0 saturated carbocycles. The topological polar surface area (TPSA) is 49.0 Å². The van der Waals surface area contributed by atoms with Crippen molar-refractivity contribution in [2.45, 2.75) is 25.7 Å². The van der Waals surface area contributed by atoms with Gasteiger partial charge in [-0.2, -0.15) is 13.2 Å². The Kier molecular flexibility index (Phi) is 4.35. The van der Waals surface area contributed by atoms with Gasteiger partial charge in [-0.15, -0.1) is 0 Å². The Labute approximate surface area is 139 Å². The number of nitrogens with one attached hydrogen (secondary N) is 1. The fourth-order valence-corrected chi connectivity index (χ4v) is 2.89. The Hall–Kier alpha value is -1.93. The molecule has 24 heavy (non-hydrogen) atoms. The third-order valence-corrected chi connectivity index (χ3v) is 4.22. The molecule has 1 aliphatic heterocycles. The fourth-order valence-electron chi connectivity index (χ4n) is 2.67. The zero-order chi connectivity index (χ0) is 17.5. The highest BCUT2D eigenvalue weighted by atomic mass is 35.5. The molecule has 0 bridgehead atoms. The SMILES string of the molecule is O=c1[nH]c(C(F)(F)F)nc2c1CCN(Cc1c(F)cccc1Cl)C2. The zero-order valence-electron chi connectivity index (χ0n) is 12.3. The lowest BCUT2D eigenvalue weighted by Crippen LogP contribution is -2.36. The number of aromatic amines is 1. The van der Waals surface area contributed by atoms with E-state index < -0.39 is 23.4 Å². The molecule has 4 nitrogen and oxygen atoms in total. The van der Waals surface area contributed by atoms with Crippen molar-refractivity contribution in [2.24, 2.45) is 0 Å². The van der Waals surface area contributed by atoms with Crippen molar-refractivity contribution in [1.29, 1.82) is 0 Å². The fraction of sp³-hybridized carbons (Fsp3) is 0.333. The van der Waals surface area contributed by atoms with Crippen molar-refractivity contribution in [3.63, 3.8) is 0 Å². The molecule has 1 aromatic heterocycles. The molecule has 128 valence electrons. The van der Waals surface area contributed by atoms with Gasteiger partial charge < -0.3 is 4.98 Å². The normalized spacial score (nSPS) is 15.4. The van der Waals surface area contributed by atoms with E-state index in [-0.39, 0.29) is 41.4 Å². The maximum Gasteiger partial charge on any atom is 0.449 e.